The average molecular weight is 343 g/mol. The van der Waals surface area contributed by atoms with Crippen LogP contribution in [0.4, 0.5) is 0 Å². The maximum absolute atomic E-state index is 12.8. The normalized spacial score (nSPS) is 17.8. The molecule has 1 atom stereocenters. The van der Waals surface area contributed by atoms with Crippen LogP contribution in [0.1, 0.15) is 34.2 Å². The summed E-state index contributed by atoms with van der Waals surface area (Å²) in [6.45, 7) is 0.770. The summed E-state index contributed by atoms with van der Waals surface area (Å²) in [7, 11) is 0. The summed E-state index contributed by atoms with van der Waals surface area (Å²) in [6, 6.07) is 15.3. The Kier molecular flexibility index (Phi) is 3.79. The largest absolute Gasteiger partial charge is 0.329 e. The predicted octanol–water partition coefficient (Wildman–Crippen LogP) is 4.93. The molecule has 116 valence electrons. The van der Waals surface area contributed by atoms with Crippen molar-refractivity contribution in [3.63, 3.8) is 0 Å². The number of likely N-dealkylation sites (tertiary alicyclic amines) is 1. The van der Waals surface area contributed by atoms with Crippen molar-refractivity contribution in [2.45, 2.75) is 18.9 Å². The summed E-state index contributed by atoms with van der Waals surface area (Å²) in [6.07, 6.45) is 1.97. The highest BCUT2D eigenvalue weighted by molar-refractivity contribution is 7.18. The molecule has 1 amide bonds. The van der Waals surface area contributed by atoms with E-state index in [-0.39, 0.29) is 11.9 Å². The monoisotopic (exact) mass is 342 g/mol. The third kappa shape index (κ3) is 2.73. The number of para-hydroxylation sites is 1. The van der Waals surface area contributed by atoms with E-state index in [0.29, 0.717) is 10.6 Å². The highest BCUT2D eigenvalue weighted by Gasteiger charge is 2.32. The Bertz CT molecular complexity index is 843. The number of hydrogen-bond acceptors (Lipinski definition) is 3. The van der Waals surface area contributed by atoms with Gasteiger partial charge in [0.15, 0.2) is 0 Å². The third-order valence-electron chi connectivity index (χ3n) is 4.18. The molecule has 1 saturated heterocycles. The maximum Gasteiger partial charge on any atom is 0.254 e. The Balaban J connectivity index is 1.67. The Morgan fingerprint density at radius 2 is 2.09 bits per heavy atom. The van der Waals surface area contributed by atoms with Crippen LogP contribution in [0.25, 0.3) is 10.2 Å². The van der Waals surface area contributed by atoms with Gasteiger partial charge in [-0.1, -0.05) is 29.8 Å². The first-order chi connectivity index (χ1) is 11.2. The first kappa shape index (κ1) is 14.7. The number of rotatable bonds is 2. The minimum absolute atomic E-state index is 0.0363. The van der Waals surface area contributed by atoms with Gasteiger partial charge in [0.05, 0.1) is 16.3 Å². The van der Waals surface area contributed by atoms with Crippen LogP contribution in [0.15, 0.2) is 48.5 Å². The van der Waals surface area contributed by atoms with Crippen LogP contribution in [-0.2, 0) is 0 Å². The molecule has 0 spiro atoms. The third-order valence-corrected chi connectivity index (χ3v) is 5.55. The van der Waals surface area contributed by atoms with Gasteiger partial charge < -0.3 is 4.90 Å². The lowest BCUT2D eigenvalue weighted by atomic mass is 10.1. The molecule has 1 aliphatic rings. The van der Waals surface area contributed by atoms with E-state index < -0.39 is 0 Å². The SMILES string of the molecule is O=C(c1cccc(Cl)c1)N1CCCC1c1nc2ccccc2s1. The molecule has 0 aliphatic carbocycles. The van der Waals surface area contributed by atoms with E-state index in [1.165, 1.54) is 4.70 Å². The second kappa shape index (κ2) is 5.95. The highest BCUT2D eigenvalue weighted by atomic mass is 35.5. The molecule has 0 bridgehead atoms. The number of nitrogens with zero attached hydrogens (tertiary/aromatic N) is 2. The Labute approximate surface area is 143 Å². The summed E-state index contributed by atoms with van der Waals surface area (Å²) in [5.41, 5.74) is 1.65. The van der Waals surface area contributed by atoms with Crippen molar-refractivity contribution in [3.8, 4) is 0 Å². The topological polar surface area (TPSA) is 33.2 Å². The van der Waals surface area contributed by atoms with Crippen molar-refractivity contribution in [3.05, 3.63) is 64.1 Å². The zero-order valence-electron chi connectivity index (χ0n) is 12.4. The number of benzene rings is 2. The molecule has 1 aromatic heterocycles. The molecule has 1 fully saturated rings. The zero-order chi connectivity index (χ0) is 15.8. The van der Waals surface area contributed by atoms with Crippen LogP contribution in [0.2, 0.25) is 5.02 Å². The molecule has 0 radical (unpaired) electrons. The fourth-order valence-corrected chi connectivity index (χ4v) is 4.39. The summed E-state index contributed by atoms with van der Waals surface area (Å²) in [5, 5.41) is 1.62. The number of aromatic nitrogens is 1. The van der Waals surface area contributed by atoms with Gasteiger partial charge in [0.2, 0.25) is 0 Å². The van der Waals surface area contributed by atoms with E-state index >= 15 is 0 Å². The van der Waals surface area contributed by atoms with Crippen molar-refractivity contribution in [1.29, 1.82) is 0 Å². The van der Waals surface area contributed by atoms with Crippen molar-refractivity contribution < 1.29 is 4.79 Å². The molecule has 4 rings (SSSR count). The van der Waals surface area contributed by atoms with Crippen LogP contribution in [0.5, 0.6) is 0 Å². The lowest BCUT2D eigenvalue weighted by Gasteiger charge is -2.23. The van der Waals surface area contributed by atoms with Crippen molar-refractivity contribution in [2.24, 2.45) is 0 Å². The Morgan fingerprint density at radius 3 is 2.91 bits per heavy atom. The second-order valence-electron chi connectivity index (χ2n) is 5.69. The van der Waals surface area contributed by atoms with E-state index in [0.717, 1.165) is 29.9 Å². The van der Waals surface area contributed by atoms with Crippen LogP contribution in [0.3, 0.4) is 0 Å². The van der Waals surface area contributed by atoms with Crippen molar-refractivity contribution in [1.82, 2.24) is 9.88 Å². The number of carbonyl (C=O) groups excluding carboxylic acids is 1. The van der Waals surface area contributed by atoms with Gasteiger partial charge >= 0.3 is 0 Å². The standard InChI is InChI=1S/C18H15ClN2OS/c19-13-6-3-5-12(11-13)18(22)21-10-4-8-15(21)17-20-14-7-1-2-9-16(14)23-17/h1-3,5-7,9,11,15H,4,8,10H2. The van der Waals surface area contributed by atoms with Crippen LogP contribution in [0, 0.1) is 0 Å². The van der Waals surface area contributed by atoms with E-state index in [9.17, 15) is 4.79 Å². The highest BCUT2D eigenvalue weighted by Crippen LogP contribution is 2.37. The predicted molar refractivity (Wildman–Crippen MR) is 94.1 cm³/mol. The zero-order valence-corrected chi connectivity index (χ0v) is 14.0. The maximum atomic E-state index is 12.8. The number of carbonyl (C=O) groups is 1. The van der Waals surface area contributed by atoms with Gasteiger partial charge in [0.25, 0.3) is 5.91 Å². The van der Waals surface area contributed by atoms with Gasteiger partial charge in [0.1, 0.15) is 5.01 Å². The van der Waals surface area contributed by atoms with Crippen molar-refractivity contribution >= 4 is 39.1 Å². The van der Waals surface area contributed by atoms with Gasteiger partial charge in [-0.3, -0.25) is 4.79 Å². The first-order valence-corrected chi connectivity index (χ1v) is 8.84. The van der Waals surface area contributed by atoms with Gasteiger partial charge in [-0.25, -0.2) is 4.98 Å². The lowest BCUT2D eigenvalue weighted by Crippen LogP contribution is -2.30. The van der Waals surface area contributed by atoms with Gasteiger partial charge in [-0.15, -0.1) is 11.3 Å². The molecular weight excluding hydrogens is 328 g/mol. The number of halogens is 1. The second-order valence-corrected chi connectivity index (χ2v) is 7.19. The lowest BCUT2D eigenvalue weighted by molar-refractivity contribution is 0.0735. The summed E-state index contributed by atoms with van der Waals surface area (Å²) >= 11 is 7.70. The average Bonchev–Trinajstić information content (AvgIpc) is 3.20. The minimum atomic E-state index is 0.0363. The Morgan fingerprint density at radius 1 is 1.22 bits per heavy atom. The van der Waals surface area contributed by atoms with Gasteiger partial charge in [0, 0.05) is 17.1 Å². The fraction of sp³-hybridized carbons (Fsp3) is 0.222. The number of thiazole rings is 1. The Hall–Kier alpha value is -1.91. The molecule has 1 aliphatic heterocycles. The smallest absolute Gasteiger partial charge is 0.254 e. The molecule has 2 heterocycles. The molecule has 3 nitrogen and oxygen atoms in total. The fourth-order valence-electron chi connectivity index (χ4n) is 3.09. The number of fused-ring (bicyclic) bond motifs is 1. The van der Waals surface area contributed by atoms with E-state index in [1.54, 1.807) is 23.5 Å². The molecule has 0 N–H and O–H groups in total. The summed E-state index contributed by atoms with van der Waals surface area (Å²) in [4.78, 5) is 19.5. The first-order valence-electron chi connectivity index (χ1n) is 7.64. The molecule has 3 aromatic rings. The molecule has 23 heavy (non-hydrogen) atoms. The number of amides is 1. The van der Waals surface area contributed by atoms with Gasteiger partial charge in [-0.05, 0) is 43.2 Å². The number of hydrogen-bond donors (Lipinski definition) is 0. The van der Waals surface area contributed by atoms with E-state index in [2.05, 4.69) is 6.07 Å². The van der Waals surface area contributed by atoms with Crippen molar-refractivity contribution in [2.75, 3.05) is 6.54 Å². The van der Waals surface area contributed by atoms with Crippen LogP contribution >= 0.6 is 22.9 Å². The molecule has 1 unspecified atom stereocenters. The summed E-state index contributed by atoms with van der Waals surface area (Å²) in [5.74, 6) is 0.0363. The quantitative estimate of drug-likeness (QED) is 0.661. The van der Waals surface area contributed by atoms with Gasteiger partial charge in [-0.2, -0.15) is 0 Å². The van der Waals surface area contributed by atoms with Crippen LogP contribution in [-0.4, -0.2) is 22.3 Å². The minimum Gasteiger partial charge on any atom is -0.329 e. The van der Waals surface area contributed by atoms with Crippen LogP contribution < -0.4 is 0 Å². The van der Waals surface area contributed by atoms with E-state index in [4.69, 9.17) is 16.6 Å². The molecular formula is C18H15ClN2OS. The molecule has 2 aromatic carbocycles. The molecule has 5 heteroatoms. The van der Waals surface area contributed by atoms with E-state index in [1.807, 2.05) is 35.2 Å². The summed E-state index contributed by atoms with van der Waals surface area (Å²) < 4.78 is 1.17. The molecule has 0 saturated carbocycles.